The Hall–Kier alpha value is -3.36. The number of rotatable bonds is 5. The van der Waals surface area contributed by atoms with Gasteiger partial charge in [-0.25, -0.2) is 9.18 Å². The molecule has 0 saturated heterocycles. The number of hydrogen-bond acceptors (Lipinski definition) is 5. The van der Waals surface area contributed by atoms with E-state index in [1.54, 1.807) is 6.92 Å². The molecule has 0 radical (unpaired) electrons. The molecule has 0 fully saturated rings. The maximum Gasteiger partial charge on any atom is 0.450 e. The summed E-state index contributed by atoms with van der Waals surface area (Å²) in [5.41, 5.74) is -1.60. The molecule has 0 N–H and O–H groups in total. The van der Waals surface area contributed by atoms with Crippen LogP contribution in [0.25, 0.3) is 22.1 Å². The number of methoxy groups -OCH3 is 1. The number of halogens is 4. The van der Waals surface area contributed by atoms with E-state index < -0.39 is 41.3 Å². The van der Waals surface area contributed by atoms with Crippen LogP contribution in [-0.2, 0) is 22.1 Å². The Bertz CT molecular complexity index is 1150. The second-order valence-corrected chi connectivity index (χ2v) is 6.31. The summed E-state index contributed by atoms with van der Waals surface area (Å²) in [6.07, 6.45) is -4.60. The van der Waals surface area contributed by atoms with Gasteiger partial charge in [-0.2, -0.15) is 13.2 Å². The molecular weight excluding hydrogens is 408 g/mol. The van der Waals surface area contributed by atoms with Gasteiger partial charge in [0.05, 0.1) is 18.1 Å². The fourth-order valence-corrected chi connectivity index (χ4v) is 2.95. The van der Waals surface area contributed by atoms with Gasteiger partial charge in [-0.15, -0.1) is 0 Å². The highest BCUT2D eigenvalue weighted by Gasteiger charge is 2.39. The van der Waals surface area contributed by atoms with Gasteiger partial charge in [0.15, 0.2) is 6.61 Å². The molecule has 1 heterocycles. The smallest absolute Gasteiger partial charge is 0.450 e. The lowest BCUT2D eigenvalue weighted by Crippen LogP contribution is -2.17. The van der Waals surface area contributed by atoms with E-state index in [9.17, 15) is 27.2 Å². The molecule has 0 amide bonds. The lowest BCUT2D eigenvalue weighted by Gasteiger charge is -2.15. The third-order valence-electron chi connectivity index (χ3n) is 4.42. The van der Waals surface area contributed by atoms with Crippen LogP contribution in [0.2, 0.25) is 0 Å². The Morgan fingerprint density at radius 3 is 2.37 bits per heavy atom. The van der Waals surface area contributed by atoms with Crippen molar-refractivity contribution >= 4 is 16.9 Å². The number of ether oxygens (including phenoxy) is 2. The zero-order valence-corrected chi connectivity index (χ0v) is 15.9. The maximum atomic E-state index is 13.7. The lowest BCUT2D eigenvalue weighted by molar-refractivity contribution is -0.152. The molecule has 0 saturated carbocycles. The molecular formula is C21H16F4O5. The van der Waals surface area contributed by atoms with Gasteiger partial charge >= 0.3 is 12.1 Å². The summed E-state index contributed by atoms with van der Waals surface area (Å²) in [7, 11) is 1.17. The van der Waals surface area contributed by atoms with Crippen LogP contribution in [0.3, 0.4) is 0 Å². The molecule has 1 aromatic heterocycles. The number of hydrogen-bond donors (Lipinski definition) is 0. The van der Waals surface area contributed by atoms with Crippen molar-refractivity contribution in [1.82, 2.24) is 0 Å². The van der Waals surface area contributed by atoms with Crippen molar-refractivity contribution in [2.45, 2.75) is 19.5 Å². The molecule has 3 aromatic rings. The molecule has 0 aliphatic carbocycles. The number of benzene rings is 2. The van der Waals surface area contributed by atoms with E-state index in [0.717, 1.165) is 30.3 Å². The summed E-state index contributed by atoms with van der Waals surface area (Å²) in [6.45, 7) is 1.29. The van der Waals surface area contributed by atoms with Gasteiger partial charge in [-0.3, -0.25) is 4.79 Å². The van der Waals surface area contributed by atoms with Crippen LogP contribution in [0.5, 0.6) is 5.75 Å². The molecule has 2 aromatic carbocycles. The lowest BCUT2D eigenvalue weighted by atomic mass is 10.00. The quantitative estimate of drug-likeness (QED) is 0.438. The van der Waals surface area contributed by atoms with E-state index in [1.165, 1.54) is 13.2 Å². The zero-order chi connectivity index (χ0) is 22.1. The number of alkyl halides is 3. The van der Waals surface area contributed by atoms with Gasteiger partial charge in [0, 0.05) is 6.07 Å². The summed E-state index contributed by atoms with van der Waals surface area (Å²) in [6, 6.07) is 6.58. The first-order chi connectivity index (χ1) is 14.2. The number of esters is 1. The van der Waals surface area contributed by atoms with E-state index >= 15 is 0 Å². The normalized spacial score (nSPS) is 11.5. The Kier molecular flexibility index (Phi) is 5.82. The molecule has 0 bridgehead atoms. The van der Waals surface area contributed by atoms with Crippen molar-refractivity contribution in [1.29, 1.82) is 0 Å². The van der Waals surface area contributed by atoms with Crippen molar-refractivity contribution in [2.75, 3.05) is 13.7 Å². The predicted molar refractivity (Wildman–Crippen MR) is 99.8 cm³/mol. The monoisotopic (exact) mass is 424 g/mol. The highest BCUT2D eigenvalue weighted by molar-refractivity contribution is 5.85. The molecule has 5 nitrogen and oxygen atoms in total. The molecule has 0 aliphatic rings. The molecule has 0 spiro atoms. The topological polar surface area (TPSA) is 65.7 Å². The molecule has 30 heavy (non-hydrogen) atoms. The maximum absolute atomic E-state index is 13.7. The molecule has 0 aliphatic heterocycles. The minimum Gasteiger partial charge on any atom is -0.481 e. The van der Waals surface area contributed by atoms with Crippen LogP contribution in [0.1, 0.15) is 18.2 Å². The van der Waals surface area contributed by atoms with Gasteiger partial charge in [0.1, 0.15) is 17.1 Å². The second-order valence-electron chi connectivity index (χ2n) is 6.31. The van der Waals surface area contributed by atoms with E-state index in [4.69, 9.17) is 9.15 Å². The Morgan fingerprint density at radius 1 is 1.13 bits per heavy atom. The van der Waals surface area contributed by atoms with Crippen LogP contribution in [0.15, 0.2) is 45.6 Å². The average Bonchev–Trinajstić information content (AvgIpc) is 2.71. The van der Waals surface area contributed by atoms with E-state index in [1.807, 2.05) is 0 Å². The van der Waals surface area contributed by atoms with Crippen molar-refractivity contribution < 1.29 is 36.2 Å². The standard InChI is InChI=1S/C21H16F4O5/c1-3-11-8-14-16(9-15(11)29-10-17(26)28-2)30-20(21(23,24)25)18(19(14)27)12-4-6-13(22)7-5-12/h4-9H,3,10H2,1-2H3. The fourth-order valence-electron chi connectivity index (χ4n) is 2.95. The summed E-state index contributed by atoms with van der Waals surface area (Å²) in [5.74, 6) is -2.74. The number of fused-ring (bicyclic) bond motifs is 1. The number of aryl methyl sites for hydroxylation is 1. The van der Waals surface area contributed by atoms with Gasteiger partial charge < -0.3 is 13.9 Å². The van der Waals surface area contributed by atoms with Crippen molar-refractivity contribution in [3.63, 3.8) is 0 Å². The number of carbonyl (C=O) groups excluding carboxylic acids is 1. The zero-order valence-electron chi connectivity index (χ0n) is 15.9. The minimum absolute atomic E-state index is 0.0930. The Balaban J connectivity index is 2.27. The first-order valence-corrected chi connectivity index (χ1v) is 8.82. The molecule has 0 unspecified atom stereocenters. The SMILES string of the molecule is CCc1cc2c(=O)c(-c3ccc(F)cc3)c(C(F)(F)F)oc2cc1OCC(=O)OC. The van der Waals surface area contributed by atoms with Crippen LogP contribution in [0, 0.1) is 5.82 Å². The van der Waals surface area contributed by atoms with Crippen molar-refractivity contribution in [3.05, 3.63) is 63.8 Å². The Labute approximate surface area is 167 Å². The predicted octanol–water partition coefficient (Wildman–Crippen LogP) is 4.73. The summed E-state index contributed by atoms with van der Waals surface area (Å²) in [5, 5.41) is -0.0930. The first kappa shape index (κ1) is 21.4. The van der Waals surface area contributed by atoms with Gasteiger partial charge in [-0.05, 0) is 35.7 Å². The van der Waals surface area contributed by atoms with Crippen LogP contribution < -0.4 is 10.2 Å². The third kappa shape index (κ3) is 4.14. The van der Waals surface area contributed by atoms with Gasteiger partial charge in [0.2, 0.25) is 11.2 Å². The second kappa shape index (κ2) is 8.17. The molecule has 9 heteroatoms. The van der Waals surface area contributed by atoms with Crippen LogP contribution in [0.4, 0.5) is 17.6 Å². The number of carbonyl (C=O) groups is 1. The van der Waals surface area contributed by atoms with Crippen molar-refractivity contribution in [2.24, 2.45) is 0 Å². The van der Waals surface area contributed by atoms with Gasteiger partial charge in [0.25, 0.3) is 0 Å². The summed E-state index contributed by atoms with van der Waals surface area (Å²) < 4.78 is 69.1. The average molecular weight is 424 g/mol. The fraction of sp³-hybridized carbons (Fsp3) is 0.238. The highest BCUT2D eigenvalue weighted by atomic mass is 19.4. The van der Waals surface area contributed by atoms with Crippen LogP contribution in [-0.4, -0.2) is 19.7 Å². The summed E-state index contributed by atoms with van der Waals surface area (Å²) in [4.78, 5) is 24.3. The van der Waals surface area contributed by atoms with Crippen molar-refractivity contribution in [3.8, 4) is 16.9 Å². The van der Waals surface area contributed by atoms with E-state index in [-0.39, 0.29) is 22.3 Å². The van der Waals surface area contributed by atoms with E-state index in [0.29, 0.717) is 12.0 Å². The molecule has 158 valence electrons. The Morgan fingerprint density at radius 2 is 1.80 bits per heavy atom. The summed E-state index contributed by atoms with van der Waals surface area (Å²) >= 11 is 0. The molecule has 3 rings (SSSR count). The van der Waals surface area contributed by atoms with E-state index in [2.05, 4.69) is 4.74 Å². The molecule has 0 atom stereocenters. The third-order valence-corrected chi connectivity index (χ3v) is 4.42. The first-order valence-electron chi connectivity index (χ1n) is 8.82. The minimum atomic E-state index is -4.98. The van der Waals surface area contributed by atoms with Crippen LogP contribution >= 0.6 is 0 Å². The largest absolute Gasteiger partial charge is 0.481 e. The highest BCUT2D eigenvalue weighted by Crippen LogP contribution is 2.38. The van der Waals surface area contributed by atoms with Gasteiger partial charge in [-0.1, -0.05) is 19.1 Å².